The van der Waals surface area contributed by atoms with Crippen LogP contribution in [0.3, 0.4) is 0 Å². The zero-order chi connectivity index (χ0) is 24.2. The van der Waals surface area contributed by atoms with Crippen molar-refractivity contribution in [3.05, 3.63) is 39.8 Å². The zero-order valence-electron chi connectivity index (χ0n) is 20.1. The number of amides is 1. The quantitative estimate of drug-likeness (QED) is 0.417. The van der Waals surface area contributed by atoms with Gasteiger partial charge in [0.15, 0.2) is 5.69 Å². The second kappa shape index (κ2) is 10.6. The summed E-state index contributed by atoms with van der Waals surface area (Å²) in [6, 6.07) is 6.14. The lowest BCUT2D eigenvalue weighted by Gasteiger charge is -2.15. The van der Waals surface area contributed by atoms with Crippen molar-refractivity contribution in [3.63, 3.8) is 0 Å². The van der Waals surface area contributed by atoms with Crippen molar-refractivity contribution < 1.29 is 19.1 Å². The van der Waals surface area contributed by atoms with Crippen molar-refractivity contribution in [2.45, 2.75) is 59.2 Å². The highest BCUT2D eigenvalue weighted by Crippen LogP contribution is 2.34. The number of hydrogen-bond donors (Lipinski definition) is 2. The molecule has 2 atom stereocenters. The lowest BCUT2D eigenvalue weighted by atomic mass is 10.1. The molecule has 0 bridgehead atoms. The molecule has 0 saturated carbocycles. The molecular weight excluding hydrogens is 452 g/mol. The van der Waals surface area contributed by atoms with Gasteiger partial charge in [0, 0.05) is 34.2 Å². The van der Waals surface area contributed by atoms with E-state index in [0.29, 0.717) is 48.5 Å². The van der Waals surface area contributed by atoms with Crippen LogP contribution in [0.1, 0.15) is 53.4 Å². The minimum atomic E-state index is -0.515. The largest absolute Gasteiger partial charge is 0.464 e. The Bertz CT molecular complexity index is 1180. The molecule has 8 nitrogen and oxygen atoms in total. The van der Waals surface area contributed by atoms with Crippen molar-refractivity contribution in [2.24, 2.45) is 5.92 Å². The molecular formula is C25H32N4O4S. The average molecular weight is 485 g/mol. The molecule has 1 aliphatic rings. The molecule has 34 heavy (non-hydrogen) atoms. The van der Waals surface area contributed by atoms with E-state index in [1.54, 1.807) is 17.5 Å². The molecule has 1 saturated heterocycles. The van der Waals surface area contributed by atoms with Crippen LogP contribution in [0.15, 0.2) is 24.4 Å². The number of carbonyl (C=O) groups excluding carboxylic acids is 2. The summed E-state index contributed by atoms with van der Waals surface area (Å²) in [6.45, 7) is 7.75. The number of anilines is 2. The van der Waals surface area contributed by atoms with E-state index in [1.165, 1.54) is 16.9 Å². The number of nitrogens with one attached hydrogen (secondary N) is 2. The second-order valence-electron chi connectivity index (χ2n) is 8.72. The summed E-state index contributed by atoms with van der Waals surface area (Å²) in [5, 5.41) is 7.11. The first-order valence-corrected chi connectivity index (χ1v) is 12.5. The third-order valence-electron chi connectivity index (χ3n) is 6.26. The lowest BCUT2D eigenvalue weighted by Crippen LogP contribution is -2.23. The summed E-state index contributed by atoms with van der Waals surface area (Å²) in [5.41, 5.74) is 2.16. The van der Waals surface area contributed by atoms with Gasteiger partial charge in [-0.2, -0.15) is 0 Å². The van der Waals surface area contributed by atoms with Crippen LogP contribution >= 0.6 is 11.3 Å². The Morgan fingerprint density at radius 2 is 2.21 bits per heavy atom. The smallest absolute Gasteiger partial charge is 0.356 e. The van der Waals surface area contributed by atoms with Gasteiger partial charge in [-0.3, -0.25) is 4.79 Å². The van der Waals surface area contributed by atoms with Gasteiger partial charge in [-0.25, -0.2) is 9.78 Å². The number of thiophene rings is 1. The third kappa shape index (κ3) is 5.10. The number of carbonyl (C=O) groups is 2. The van der Waals surface area contributed by atoms with Gasteiger partial charge in [0.2, 0.25) is 5.91 Å². The number of rotatable bonds is 9. The van der Waals surface area contributed by atoms with Crippen molar-refractivity contribution >= 4 is 45.6 Å². The zero-order valence-corrected chi connectivity index (χ0v) is 21.0. The van der Waals surface area contributed by atoms with E-state index in [0.717, 1.165) is 18.5 Å². The van der Waals surface area contributed by atoms with E-state index in [9.17, 15) is 9.59 Å². The molecule has 0 unspecified atom stereocenters. The summed E-state index contributed by atoms with van der Waals surface area (Å²) in [4.78, 5) is 33.0. The standard InChI is InChI=1S/C25H32N4O4S/c1-5-15(2)24(30)28-21-20-11-17(26-13-19-9-8-16(3)34-19)12-27-23(20)29(22(21)25(31)32-4)14-18-7-6-10-33-18/h8-9,11-12,15,18,26H,5-7,10,13-14H2,1-4H3,(H,28,30)/t15-,18-/m1/s1. The predicted molar refractivity (Wildman–Crippen MR) is 135 cm³/mol. The molecule has 1 aliphatic heterocycles. The van der Waals surface area contributed by atoms with Gasteiger partial charge in [0.05, 0.1) is 37.3 Å². The van der Waals surface area contributed by atoms with Crippen molar-refractivity contribution in [1.29, 1.82) is 0 Å². The minimum absolute atomic E-state index is 0.0150. The summed E-state index contributed by atoms with van der Waals surface area (Å²) >= 11 is 1.74. The van der Waals surface area contributed by atoms with Crippen LogP contribution in [0, 0.1) is 12.8 Å². The van der Waals surface area contributed by atoms with Gasteiger partial charge in [-0.15, -0.1) is 11.3 Å². The highest BCUT2D eigenvalue weighted by Gasteiger charge is 2.29. The third-order valence-corrected chi connectivity index (χ3v) is 7.26. The van der Waals surface area contributed by atoms with Gasteiger partial charge in [-0.05, 0) is 44.4 Å². The normalized spacial score (nSPS) is 16.5. The van der Waals surface area contributed by atoms with Crippen LogP contribution in [-0.4, -0.2) is 41.2 Å². The first kappa shape index (κ1) is 24.2. The second-order valence-corrected chi connectivity index (χ2v) is 10.1. The number of nitrogens with zero attached hydrogens (tertiary/aromatic N) is 2. The molecule has 1 amide bonds. The summed E-state index contributed by atoms with van der Waals surface area (Å²) < 4.78 is 12.8. The monoisotopic (exact) mass is 484 g/mol. The highest BCUT2D eigenvalue weighted by molar-refractivity contribution is 7.11. The first-order valence-electron chi connectivity index (χ1n) is 11.7. The summed E-state index contributed by atoms with van der Waals surface area (Å²) in [7, 11) is 1.35. The van der Waals surface area contributed by atoms with E-state index in [2.05, 4.69) is 29.7 Å². The van der Waals surface area contributed by atoms with Crippen LogP contribution in [0.5, 0.6) is 0 Å². The molecule has 0 radical (unpaired) electrons. The van der Waals surface area contributed by atoms with Crippen LogP contribution in [0.4, 0.5) is 11.4 Å². The maximum Gasteiger partial charge on any atom is 0.356 e. The fraction of sp³-hybridized carbons (Fsp3) is 0.480. The van der Waals surface area contributed by atoms with E-state index in [1.807, 2.05) is 24.5 Å². The number of aromatic nitrogens is 2. The Balaban J connectivity index is 1.77. The molecule has 4 rings (SSSR count). The topological polar surface area (TPSA) is 94.5 Å². The number of fused-ring (bicyclic) bond motifs is 1. The summed E-state index contributed by atoms with van der Waals surface area (Å²) in [5.74, 6) is -0.853. The number of pyridine rings is 1. The van der Waals surface area contributed by atoms with Crippen LogP contribution in [0.2, 0.25) is 0 Å². The molecule has 1 fully saturated rings. The minimum Gasteiger partial charge on any atom is -0.464 e. The van der Waals surface area contributed by atoms with E-state index in [4.69, 9.17) is 14.5 Å². The van der Waals surface area contributed by atoms with E-state index >= 15 is 0 Å². The van der Waals surface area contributed by atoms with Crippen molar-refractivity contribution in [3.8, 4) is 0 Å². The lowest BCUT2D eigenvalue weighted by molar-refractivity contribution is -0.119. The molecule has 4 heterocycles. The molecule has 3 aromatic rings. The van der Waals surface area contributed by atoms with Crippen LogP contribution in [0.25, 0.3) is 11.0 Å². The Hall–Kier alpha value is -2.91. The summed E-state index contributed by atoms with van der Waals surface area (Å²) in [6.07, 6.45) is 4.33. The van der Waals surface area contributed by atoms with Crippen LogP contribution < -0.4 is 10.6 Å². The predicted octanol–water partition coefficient (Wildman–Crippen LogP) is 4.97. The molecule has 9 heteroatoms. The first-order chi connectivity index (χ1) is 16.4. The van der Waals surface area contributed by atoms with E-state index < -0.39 is 5.97 Å². The maximum atomic E-state index is 12.9. The van der Waals surface area contributed by atoms with Crippen LogP contribution in [-0.2, 0) is 27.4 Å². The molecule has 0 spiro atoms. The molecule has 2 N–H and O–H groups in total. The Labute approximate surface area is 203 Å². The number of esters is 1. The Morgan fingerprint density at radius 1 is 1.38 bits per heavy atom. The molecule has 0 aliphatic carbocycles. The van der Waals surface area contributed by atoms with E-state index in [-0.39, 0.29) is 17.9 Å². The fourth-order valence-corrected chi connectivity index (χ4v) is 4.96. The van der Waals surface area contributed by atoms with Gasteiger partial charge in [0.1, 0.15) is 5.65 Å². The Kier molecular flexibility index (Phi) is 7.53. The average Bonchev–Trinajstić information content (AvgIpc) is 3.57. The maximum absolute atomic E-state index is 12.9. The van der Waals surface area contributed by atoms with Gasteiger partial charge in [-0.1, -0.05) is 13.8 Å². The number of methoxy groups -OCH3 is 1. The number of hydrogen-bond acceptors (Lipinski definition) is 7. The number of ether oxygens (including phenoxy) is 2. The van der Waals surface area contributed by atoms with Gasteiger partial charge in [0.25, 0.3) is 0 Å². The van der Waals surface area contributed by atoms with Gasteiger partial charge < -0.3 is 24.7 Å². The van der Waals surface area contributed by atoms with Gasteiger partial charge >= 0.3 is 5.97 Å². The Morgan fingerprint density at radius 3 is 2.85 bits per heavy atom. The SMILES string of the molecule is CC[C@@H](C)C(=O)Nc1c(C(=O)OC)n(C[C@H]2CCCO2)c2ncc(NCc3ccc(C)s3)cc12. The van der Waals surface area contributed by atoms with Crippen molar-refractivity contribution in [2.75, 3.05) is 24.4 Å². The molecule has 3 aromatic heterocycles. The number of aryl methyl sites for hydroxylation is 1. The van der Waals surface area contributed by atoms with Crippen molar-refractivity contribution in [1.82, 2.24) is 9.55 Å². The fourth-order valence-electron chi connectivity index (χ4n) is 4.13. The molecule has 0 aromatic carbocycles. The highest BCUT2D eigenvalue weighted by atomic mass is 32.1. The molecule has 182 valence electrons.